The predicted molar refractivity (Wildman–Crippen MR) is 125 cm³/mol. The smallest absolute Gasteiger partial charge is 0.265 e. The fraction of sp³-hybridized carbons (Fsp3) is 0.304. The Morgan fingerprint density at radius 3 is 2.53 bits per heavy atom. The number of amides is 1. The predicted octanol–water partition coefficient (Wildman–Crippen LogP) is 4.85. The van der Waals surface area contributed by atoms with Gasteiger partial charge >= 0.3 is 0 Å². The zero-order chi connectivity index (χ0) is 21.7. The van der Waals surface area contributed by atoms with E-state index in [4.69, 9.17) is 26.4 Å². The Balaban J connectivity index is 1.61. The van der Waals surface area contributed by atoms with E-state index in [0.717, 1.165) is 17.7 Å². The highest BCUT2D eigenvalue weighted by Crippen LogP contribution is 2.34. The second kappa shape index (κ2) is 10.00. The monoisotopic (exact) mass is 443 g/mol. The number of ether oxygens (including phenoxy) is 3. The molecule has 0 radical (unpaired) electrons. The van der Waals surface area contributed by atoms with Gasteiger partial charge in [0.05, 0.1) is 12.0 Å². The molecule has 0 N–H and O–H groups in total. The molecule has 1 aliphatic rings. The summed E-state index contributed by atoms with van der Waals surface area (Å²) in [6.45, 7) is 5.00. The van der Waals surface area contributed by atoms with Gasteiger partial charge in [-0.05, 0) is 60.4 Å². The Labute approximate surface area is 187 Å². The molecule has 0 saturated carbocycles. The van der Waals surface area contributed by atoms with Crippen LogP contribution < -0.4 is 14.2 Å². The molecule has 158 valence electrons. The van der Waals surface area contributed by atoms with Gasteiger partial charge in [-0.15, -0.1) is 0 Å². The highest BCUT2D eigenvalue weighted by molar-refractivity contribution is 8.26. The number of nitrogens with zero attached hydrogens (tertiary/aromatic N) is 1. The Hall–Kier alpha value is -2.51. The van der Waals surface area contributed by atoms with Gasteiger partial charge in [-0.25, -0.2) is 0 Å². The van der Waals surface area contributed by atoms with E-state index < -0.39 is 0 Å². The number of hydrogen-bond donors (Lipinski definition) is 0. The summed E-state index contributed by atoms with van der Waals surface area (Å²) in [4.78, 5) is 14.2. The van der Waals surface area contributed by atoms with E-state index in [-0.39, 0.29) is 5.91 Å². The Morgan fingerprint density at radius 1 is 1.10 bits per heavy atom. The van der Waals surface area contributed by atoms with Crippen molar-refractivity contribution in [2.75, 3.05) is 27.4 Å². The van der Waals surface area contributed by atoms with Gasteiger partial charge in [0.1, 0.15) is 23.3 Å². The number of thioether (sulfide) groups is 1. The first-order valence-electron chi connectivity index (χ1n) is 9.67. The maximum Gasteiger partial charge on any atom is 0.265 e. The first-order valence-corrected chi connectivity index (χ1v) is 10.9. The van der Waals surface area contributed by atoms with E-state index in [2.05, 4.69) is 26.0 Å². The summed E-state index contributed by atoms with van der Waals surface area (Å²) >= 11 is 6.46. The Kier molecular flexibility index (Phi) is 7.39. The van der Waals surface area contributed by atoms with Crippen molar-refractivity contribution in [3.8, 4) is 17.2 Å². The number of methoxy groups -OCH3 is 1. The lowest BCUT2D eigenvalue weighted by molar-refractivity contribution is -0.121. The van der Waals surface area contributed by atoms with Gasteiger partial charge in [0.25, 0.3) is 5.91 Å². The van der Waals surface area contributed by atoms with Gasteiger partial charge in [-0.2, -0.15) is 0 Å². The van der Waals surface area contributed by atoms with Gasteiger partial charge < -0.3 is 14.2 Å². The molecule has 0 atom stereocenters. The fourth-order valence-corrected chi connectivity index (χ4v) is 4.19. The van der Waals surface area contributed by atoms with Gasteiger partial charge in [-0.3, -0.25) is 9.69 Å². The molecule has 1 saturated heterocycles. The first kappa shape index (κ1) is 22.2. The van der Waals surface area contributed by atoms with Crippen LogP contribution in [0.25, 0.3) is 6.08 Å². The third-order valence-corrected chi connectivity index (χ3v) is 6.09. The number of thiocarbonyl (C=S) groups is 1. The summed E-state index contributed by atoms with van der Waals surface area (Å²) in [5.41, 5.74) is 3.28. The topological polar surface area (TPSA) is 48.0 Å². The molecule has 0 aromatic heterocycles. The van der Waals surface area contributed by atoms with Gasteiger partial charge in [0, 0.05) is 7.05 Å². The maximum atomic E-state index is 12.2. The molecule has 5 nitrogen and oxygen atoms in total. The average Bonchev–Trinajstić information content (AvgIpc) is 2.97. The average molecular weight is 444 g/mol. The van der Waals surface area contributed by atoms with Crippen LogP contribution in [0.1, 0.15) is 23.6 Å². The van der Waals surface area contributed by atoms with Crippen molar-refractivity contribution >= 4 is 40.3 Å². The van der Waals surface area contributed by atoms with Crippen LogP contribution in [0, 0.1) is 6.92 Å². The van der Waals surface area contributed by atoms with E-state index >= 15 is 0 Å². The number of carbonyl (C=O) groups excluding carboxylic acids is 1. The molecular formula is C23H25NO4S2. The maximum absolute atomic E-state index is 12.2. The largest absolute Gasteiger partial charge is 0.493 e. The molecule has 3 rings (SSSR count). The van der Waals surface area contributed by atoms with E-state index in [1.165, 1.54) is 27.8 Å². The van der Waals surface area contributed by atoms with Crippen LogP contribution in [0.3, 0.4) is 0 Å². The minimum atomic E-state index is -0.0937. The Morgan fingerprint density at radius 2 is 1.87 bits per heavy atom. The lowest BCUT2D eigenvalue weighted by atomic mass is 10.1. The molecule has 2 aromatic rings. The number of likely N-dealkylation sites (N-methyl/N-ethyl adjacent to an activating group) is 1. The molecule has 30 heavy (non-hydrogen) atoms. The van der Waals surface area contributed by atoms with Gasteiger partial charge in [0.15, 0.2) is 11.5 Å². The number of benzene rings is 2. The zero-order valence-corrected chi connectivity index (χ0v) is 19.2. The molecule has 1 fully saturated rings. The van der Waals surface area contributed by atoms with E-state index in [1.807, 2.05) is 24.3 Å². The van der Waals surface area contributed by atoms with Crippen LogP contribution in [0.2, 0.25) is 0 Å². The first-order chi connectivity index (χ1) is 14.4. The van der Waals surface area contributed by atoms with Crippen molar-refractivity contribution in [1.29, 1.82) is 0 Å². The van der Waals surface area contributed by atoms with Gasteiger partial charge in [0.2, 0.25) is 0 Å². The van der Waals surface area contributed by atoms with Crippen LogP contribution >= 0.6 is 24.0 Å². The molecule has 0 aliphatic carbocycles. The van der Waals surface area contributed by atoms with Crippen molar-refractivity contribution < 1.29 is 19.0 Å². The third kappa shape index (κ3) is 5.34. The highest BCUT2D eigenvalue weighted by Gasteiger charge is 2.28. The Bertz CT molecular complexity index is 987. The summed E-state index contributed by atoms with van der Waals surface area (Å²) in [5.74, 6) is 1.98. The molecule has 0 unspecified atom stereocenters. The van der Waals surface area contributed by atoms with Gasteiger partial charge in [-0.1, -0.05) is 43.0 Å². The minimum Gasteiger partial charge on any atom is -0.493 e. The normalized spacial score (nSPS) is 15.1. The van der Waals surface area contributed by atoms with Crippen LogP contribution in [-0.4, -0.2) is 42.5 Å². The number of hydrogen-bond acceptors (Lipinski definition) is 6. The number of rotatable bonds is 8. The third-order valence-electron chi connectivity index (χ3n) is 4.60. The fourth-order valence-electron chi connectivity index (χ4n) is 3.01. The van der Waals surface area contributed by atoms with Crippen molar-refractivity contribution in [3.63, 3.8) is 0 Å². The molecule has 7 heteroatoms. The molecule has 0 bridgehead atoms. The van der Waals surface area contributed by atoms with E-state index in [9.17, 15) is 4.79 Å². The second-order valence-corrected chi connectivity index (χ2v) is 8.53. The van der Waals surface area contributed by atoms with Crippen molar-refractivity contribution in [2.24, 2.45) is 0 Å². The van der Waals surface area contributed by atoms with Crippen LogP contribution in [0.5, 0.6) is 17.2 Å². The second-order valence-electron chi connectivity index (χ2n) is 6.86. The SMILES string of the molecule is CCc1cc(C)cc(OCCOc2ccc(/C=C3/SC(=S)N(C)C3=O)cc2OC)c1. The molecular weight excluding hydrogens is 418 g/mol. The van der Waals surface area contributed by atoms with E-state index in [0.29, 0.717) is 33.9 Å². The number of carbonyl (C=O) groups is 1. The summed E-state index contributed by atoms with van der Waals surface area (Å²) in [7, 11) is 3.27. The summed E-state index contributed by atoms with van der Waals surface area (Å²) in [6.07, 6.45) is 2.78. The molecule has 1 aliphatic heterocycles. The molecule has 0 spiro atoms. The zero-order valence-electron chi connectivity index (χ0n) is 17.6. The van der Waals surface area contributed by atoms with Crippen LogP contribution in [0.4, 0.5) is 0 Å². The van der Waals surface area contributed by atoms with Crippen molar-refractivity contribution in [1.82, 2.24) is 4.90 Å². The number of aryl methyl sites for hydroxylation is 2. The van der Waals surface area contributed by atoms with Crippen molar-refractivity contribution in [3.05, 3.63) is 58.0 Å². The lowest BCUT2D eigenvalue weighted by Gasteiger charge is -2.13. The summed E-state index contributed by atoms with van der Waals surface area (Å²) in [5, 5.41) is 0. The quantitative estimate of drug-likeness (QED) is 0.330. The van der Waals surface area contributed by atoms with E-state index in [1.54, 1.807) is 20.2 Å². The molecule has 1 heterocycles. The van der Waals surface area contributed by atoms with Crippen LogP contribution in [-0.2, 0) is 11.2 Å². The minimum absolute atomic E-state index is 0.0937. The van der Waals surface area contributed by atoms with Crippen molar-refractivity contribution in [2.45, 2.75) is 20.3 Å². The van der Waals surface area contributed by atoms with Crippen LogP contribution in [0.15, 0.2) is 41.3 Å². The molecule has 2 aromatic carbocycles. The molecule has 1 amide bonds. The lowest BCUT2D eigenvalue weighted by Crippen LogP contribution is -2.22. The summed E-state index contributed by atoms with van der Waals surface area (Å²) in [6, 6.07) is 11.8. The highest BCUT2D eigenvalue weighted by atomic mass is 32.2. The standard InChI is InChI=1S/C23H25NO4S2/c1-5-16-10-15(2)11-18(12-16)27-8-9-28-19-7-6-17(13-20(19)26-4)14-21-22(25)24(3)23(29)30-21/h6-7,10-14H,5,8-9H2,1-4H3/b21-14+. The summed E-state index contributed by atoms with van der Waals surface area (Å²) < 4.78 is 17.7.